The molecule has 0 saturated heterocycles. The van der Waals surface area contributed by atoms with Crippen molar-refractivity contribution in [3.63, 3.8) is 0 Å². The molecule has 0 amide bonds. The minimum atomic E-state index is 0.212. The molecule has 1 heterocycles. The SMILES string of the molecule is COc1ncc(Cl)cc1N(N)O. The molecule has 6 heteroatoms. The number of rotatable bonds is 2. The molecule has 3 N–H and O–H groups in total. The van der Waals surface area contributed by atoms with Crippen LogP contribution in [0.5, 0.6) is 5.88 Å². The number of halogens is 1. The molecule has 12 heavy (non-hydrogen) atoms. The van der Waals surface area contributed by atoms with Gasteiger partial charge < -0.3 is 4.74 Å². The van der Waals surface area contributed by atoms with Crippen LogP contribution in [0.2, 0.25) is 5.02 Å². The van der Waals surface area contributed by atoms with Crippen LogP contribution < -0.4 is 15.8 Å². The molecule has 0 bridgehead atoms. The monoisotopic (exact) mass is 189 g/mol. The van der Waals surface area contributed by atoms with E-state index in [1.165, 1.54) is 19.4 Å². The van der Waals surface area contributed by atoms with Crippen molar-refractivity contribution in [2.75, 3.05) is 12.3 Å². The van der Waals surface area contributed by atoms with Gasteiger partial charge in [0.25, 0.3) is 0 Å². The van der Waals surface area contributed by atoms with Crippen LogP contribution in [0.25, 0.3) is 0 Å². The van der Waals surface area contributed by atoms with E-state index < -0.39 is 0 Å². The fourth-order valence-electron chi connectivity index (χ4n) is 0.737. The number of hydrogen-bond donors (Lipinski definition) is 2. The highest BCUT2D eigenvalue weighted by Crippen LogP contribution is 2.25. The summed E-state index contributed by atoms with van der Waals surface area (Å²) in [6.45, 7) is 0. The minimum absolute atomic E-state index is 0.212. The highest BCUT2D eigenvalue weighted by Gasteiger charge is 2.08. The van der Waals surface area contributed by atoms with E-state index in [0.717, 1.165) is 0 Å². The van der Waals surface area contributed by atoms with Crippen LogP contribution in [-0.2, 0) is 0 Å². The van der Waals surface area contributed by atoms with E-state index >= 15 is 0 Å². The molecule has 0 aliphatic rings. The highest BCUT2D eigenvalue weighted by molar-refractivity contribution is 6.30. The normalized spacial score (nSPS) is 9.67. The first-order valence-electron chi connectivity index (χ1n) is 3.08. The van der Waals surface area contributed by atoms with Gasteiger partial charge in [0, 0.05) is 6.20 Å². The van der Waals surface area contributed by atoms with Gasteiger partial charge in [-0.25, -0.2) is 10.8 Å². The summed E-state index contributed by atoms with van der Waals surface area (Å²) in [6.07, 6.45) is 1.40. The molecule has 0 saturated carbocycles. The van der Waals surface area contributed by atoms with E-state index in [-0.39, 0.29) is 11.6 Å². The Balaban J connectivity index is 3.12. The summed E-state index contributed by atoms with van der Waals surface area (Å²) in [7, 11) is 1.42. The number of hydrogen-bond acceptors (Lipinski definition) is 5. The van der Waals surface area contributed by atoms with Crippen molar-refractivity contribution in [2.45, 2.75) is 0 Å². The van der Waals surface area contributed by atoms with Crippen molar-refractivity contribution >= 4 is 17.3 Å². The second-order valence-electron chi connectivity index (χ2n) is 2.03. The first-order chi connectivity index (χ1) is 5.65. The van der Waals surface area contributed by atoms with Crippen molar-refractivity contribution in [3.8, 4) is 5.88 Å². The van der Waals surface area contributed by atoms with Crippen LogP contribution in [0.3, 0.4) is 0 Å². The van der Waals surface area contributed by atoms with E-state index in [0.29, 0.717) is 10.2 Å². The van der Waals surface area contributed by atoms with Crippen molar-refractivity contribution in [2.24, 2.45) is 5.84 Å². The van der Waals surface area contributed by atoms with Crippen molar-refractivity contribution in [1.29, 1.82) is 0 Å². The van der Waals surface area contributed by atoms with Gasteiger partial charge in [-0.1, -0.05) is 11.6 Å². The zero-order chi connectivity index (χ0) is 9.14. The summed E-state index contributed by atoms with van der Waals surface area (Å²) in [5.74, 6) is 5.28. The molecule has 0 aliphatic carbocycles. The highest BCUT2D eigenvalue weighted by atomic mass is 35.5. The second-order valence-corrected chi connectivity index (χ2v) is 2.46. The van der Waals surface area contributed by atoms with Crippen molar-refractivity contribution in [3.05, 3.63) is 17.3 Å². The van der Waals surface area contributed by atoms with Gasteiger partial charge in [-0.3, -0.25) is 5.21 Å². The van der Waals surface area contributed by atoms with Gasteiger partial charge in [-0.2, -0.15) is 5.17 Å². The summed E-state index contributed by atoms with van der Waals surface area (Å²) in [6, 6.07) is 1.44. The third kappa shape index (κ3) is 1.76. The fraction of sp³-hybridized carbons (Fsp3) is 0.167. The molecular formula is C6H8ClN3O2. The third-order valence-corrected chi connectivity index (χ3v) is 1.45. The van der Waals surface area contributed by atoms with Gasteiger partial charge in [-0.15, -0.1) is 0 Å². The maximum atomic E-state index is 8.89. The molecule has 0 aromatic carbocycles. The summed E-state index contributed by atoms with van der Waals surface area (Å²) in [4.78, 5) is 3.78. The van der Waals surface area contributed by atoms with Gasteiger partial charge in [-0.05, 0) is 6.07 Å². The van der Waals surface area contributed by atoms with E-state index in [1.54, 1.807) is 0 Å². The number of ether oxygens (including phenoxy) is 1. The number of pyridine rings is 1. The summed E-state index contributed by atoms with van der Waals surface area (Å²) in [5.41, 5.74) is 0.213. The largest absolute Gasteiger partial charge is 0.479 e. The van der Waals surface area contributed by atoms with Crippen LogP contribution in [0.15, 0.2) is 12.3 Å². The number of nitrogens with two attached hydrogens (primary N) is 1. The lowest BCUT2D eigenvalue weighted by Crippen LogP contribution is -2.26. The molecule has 0 atom stereocenters. The van der Waals surface area contributed by atoms with E-state index in [4.69, 9.17) is 27.4 Å². The van der Waals surface area contributed by atoms with E-state index in [2.05, 4.69) is 4.98 Å². The molecule has 66 valence electrons. The van der Waals surface area contributed by atoms with Gasteiger partial charge in [0.1, 0.15) is 5.69 Å². The fourth-order valence-corrected chi connectivity index (χ4v) is 0.890. The summed E-state index contributed by atoms with van der Waals surface area (Å²) < 4.78 is 4.81. The Morgan fingerprint density at radius 2 is 2.42 bits per heavy atom. The quantitative estimate of drug-likeness (QED) is 0.532. The van der Waals surface area contributed by atoms with Crippen LogP contribution in [0.4, 0.5) is 5.69 Å². The predicted octanol–water partition coefficient (Wildman–Crippen LogP) is 0.813. The lowest BCUT2D eigenvalue weighted by molar-refractivity contribution is 0.252. The summed E-state index contributed by atoms with van der Waals surface area (Å²) >= 11 is 5.61. The zero-order valence-corrected chi connectivity index (χ0v) is 7.12. The van der Waals surface area contributed by atoms with Gasteiger partial charge in [0.15, 0.2) is 0 Å². The van der Waals surface area contributed by atoms with Crippen LogP contribution in [-0.4, -0.2) is 17.3 Å². The second kappa shape index (κ2) is 3.57. The van der Waals surface area contributed by atoms with Crippen LogP contribution in [0.1, 0.15) is 0 Å². The smallest absolute Gasteiger partial charge is 0.241 e. The maximum Gasteiger partial charge on any atom is 0.241 e. The Morgan fingerprint density at radius 3 is 2.92 bits per heavy atom. The molecule has 0 aliphatic heterocycles. The van der Waals surface area contributed by atoms with Crippen molar-refractivity contribution < 1.29 is 9.94 Å². The lowest BCUT2D eigenvalue weighted by atomic mass is 10.4. The molecule has 0 radical (unpaired) electrons. The Labute approximate surface area is 74.3 Å². The number of anilines is 1. The third-order valence-electron chi connectivity index (χ3n) is 1.24. The number of methoxy groups -OCH3 is 1. The number of nitrogens with zero attached hydrogens (tertiary/aromatic N) is 2. The first-order valence-corrected chi connectivity index (χ1v) is 3.46. The van der Waals surface area contributed by atoms with Gasteiger partial charge in [0.05, 0.1) is 12.1 Å². The van der Waals surface area contributed by atoms with Gasteiger partial charge in [0.2, 0.25) is 5.88 Å². The number of hydrazine groups is 1. The molecule has 0 spiro atoms. The maximum absolute atomic E-state index is 8.89. The predicted molar refractivity (Wildman–Crippen MR) is 44.3 cm³/mol. The van der Waals surface area contributed by atoms with E-state index in [9.17, 15) is 0 Å². The molecule has 0 unspecified atom stereocenters. The first kappa shape index (κ1) is 9.05. The van der Waals surface area contributed by atoms with Crippen LogP contribution in [0, 0.1) is 0 Å². The Kier molecular flexibility index (Phi) is 2.69. The molecule has 1 aromatic heterocycles. The zero-order valence-electron chi connectivity index (χ0n) is 6.36. The topological polar surface area (TPSA) is 71.6 Å². The van der Waals surface area contributed by atoms with Gasteiger partial charge >= 0.3 is 0 Å². The number of aromatic nitrogens is 1. The minimum Gasteiger partial charge on any atom is -0.479 e. The standard InChI is InChI=1S/C6H8ClN3O2/c1-12-6-5(10(8)11)2-4(7)3-9-6/h2-3,11H,8H2,1H3. The summed E-state index contributed by atoms with van der Waals surface area (Å²) in [5, 5.41) is 9.66. The van der Waals surface area contributed by atoms with Crippen molar-refractivity contribution in [1.82, 2.24) is 4.98 Å². The molecule has 0 fully saturated rings. The molecular weight excluding hydrogens is 182 g/mol. The molecule has 1 aromatic rings. The lowest BCUT2D eigenvalue weighted by Gasteiger charge is -2.12. The van der Waals surface area contributed by atoms with Crippen LogP contribution >= 0.6 is 11.6 Å². The average molecular weight is 190 g/mol. The Morgan fingerprint density at radius 1 is 1.75 bits per heavy atom. The Bertz CT molecular complexity index is 279. The Hall–Kier alpha value is -1.04. The molecule has 5 nitrogen and oxygen atoms in total. The average Bonchev–Trinajstić information content (AvgIpc) is 2.04. The molecule has 1 rings (SSSR count). The van der Waals surface area contributed by atoms with E-state index in [1.807, 2.05) is 0 Å².